The molecular weight excluding hydrogens is 294 g/mol. The van der Waals surface area contributed by atoms with E-state index in [1.54, 1.807) is 10.6 Å². The van der Waals surface area contributed by atoms with Crippen molar-refractivity contribution in [1.82, 2.24) is 9.55 Å². The molecule has 1 aliphatic heterocycles. The number of carbonyl (C=O) groups is 1. The number of carbonyl (C=O) groups excluding carboxylic acids is 1. The number of esters is 1. The Hall–Kier alpha value is -1.83. The van der Waals surface area contributed by atoms with Gasteiger partial charge < -0.3 is 9.30 Å². The van der Waals surface area contributed by atoms with Crippen LogP contribution in [0.5, 0.6) is 0 Å². The molecule has 0 amide bonds. The van der Waals surface area contributed by atoms with E-state index in [0.717, 1.165) is 12.8 Å². The van der Waals surface area contributed by atoms with Crippen LogP contribution in [0.1, 0.15) is 35.6 Å². The van der Waals surface area contributed by atoms with Gasteiger partial charge in [-0.25, -0.2) is 18.2 Å². The first-order valence-corrected chi connectivity index (χ1v) is 8.43. The van der Waals surface area contributed by atoms with Crippen molar-refractivity contribution in [3.05, 3.63) is 24.2 Å². The van der Waals surface area contributed by atoms with Crippen LogP contribution in [0.4, 0.5) is 5.82 Å². The number of imidazole rings is 1. The largest absolute Gasteiger partial charge is 0.464 e. The average Bonchev–Trinajstić information content (AvgIpc) is 2.97. The summed E-state index contributed by atoms with van der Waals surface area (Å²) in [6, 6.07) is 0. The number of ether oxygens (including phenoxy) is 1. The second kappa shape index (κ2) is 6.30. The molecule has 0 radical (unpaired) electrons. The van der Waals surface area contributed by atoms with E-state index in [0.29, 0.717) is 25.2 Å². The lowest BCUT2D eigenvalue weighted by molar-refractivity contribution is 0.0590. The second-order valence-corrected chi connectivity index (χ2v) is 6.67. The third-order valence-corrected chi connectivity index (χ3v) is 4.61. The Kier molecular flexibility index (Phi) is 4.66. The number of sulfonamides is 1. The number of unbranched alkanes of at least 4 members (excludes halogenated alkanes) is 1. The zero-order valence-corrected chi connectivity index (χ0v) is 12.8. The molecule has 1 N–H and O–H groups in total. The number of anilines is 1. The molecule has 0 bridgehead atoms. The van der Waals surface area contributed by atoms with Gasteiger partial charge in [-0.05, 0) is 19.3 Å². The number of nitrogens with zero attached hydrogens (tertiary/aromatic N) is 2. The highest BCUT2D eigenvalue weighted by atomic mass is 32.2. The van der Waals surface area contributed by atoms with Crippen molar-refractivity contribution in [2.75, 3.05) is 17.6 Å². The Morgan fingerprint density at radius 1 is 1.57 bits per heavy atom. The van der Waals surface area contributed by atoms with Crippen LogP contribution >= 0.6 is 0 Å². The molecule has 2 rings (SSSR count). The van der Waals surface area contributed by atoms with E-state index in [1.807, 2.05) is 0 Å². The van der Waals surface area contributed by atoms with Gasteiger partial charge in [-0.3, -0.25) is 4.72 Å². The summed E-state index contributed by atoms with van der Waals surface area (Å²) in [5.41, 5.74) is 0.178. The fourth-order valence-corrected chi connectivity index (χ4v) is 3.40. The number of aromatic nitrogens is 2. The van der Waals surface area contributed by atoms with Gasteiger partial charge in [-0.15, -0.1) is 6.58 Å². The van der Waals surface area contributed by atoms with E-state index in [-0.39, 0.29) is 17.3 Å². The normalized spacial score (nSPS) is 13.8. The number of hydrogen-bond acceptors (Lipinski definition) is 5. The first-order valence-electron chi connectivity index (χ1n) is 6.77. The monoisotopic (exact) mass is 313 g/mol. The van der Waals surface area contributed by atoms with Crippen molar-refractivity contribution in [3.8, 4) is 0 Å². The lowest BCUT2D eigenvalue weighted by atomic mass is 10.3. The van der Waals surface area contributed by atoms with Crippen molar-refractivity contribution >= 4 is 21.8 Å². The molecule has 0 aliphatic carbocycles. The average molecular weight is 313 g/mol. The molecule has 0 atom stereocenters. The molecule has 116 valence electrons. The Morgan fingerprint density at radius 2 is 2.33 bits per heavy atom. The molecule has 0 saturated carbocycles. The molecule has 7 nitrogen and oxygen atoms in total. The van der Waals surface area contributed by atoms with E-state index in [9.17, 15) is 13.2 Å². The smallest absolute Gasteiger partial charge is 0.358 e. The van der Waals surface area contributed by atoms with E-state index in [4.69, 9.17) is 4.74 Å². The Labute approximate surface area is 124 Å². The Balaban J connectivity index is 2.24. The van der Waals surface area contributed by atoms with Gasteiger partial charge in [0.15, 0.2) is 11.5 Å². The first-order chi connectivity index (χ1) is 9.98. The molecule has 0 aromatic carbocycles. The summed E-state index contributed by atoms with van der Waals surface area (Å²) < 4.78 is 32.9. The van der Waals surface area contributed by atoms with Gasteiger partial charge in [0.25, 0.3) is 0 Å². The Morgan fingerprint density at radius 3 is 3.00 bits per heavy atom. The van der Waals surface area contributed by atoms with Crippen LogP contribution in [0, 0.1) is 0 Å². The second-order valence-electron chi connectivity index (χ2n) is 4.82. The lowest BCUT2D eigenvalue weighted by Gasteiger charge is -2.08. The van der Waals surface area contributed by atoms with Crippen LogP contribution in [0.2, 0.25) is 0 Å². The summed E-state index contributed by atoms with van der Waals surface area (Å²) in [6.07, 6.45) is 4.37. The molecular formula is C13H19N3O4S. The van der Waals surface area contributed by atoms with Crippen LogP contribution in [0.15, 0.2) is 12.7 Å². The first kappa shape index (κ1) is 15.6. The van der Waals surface area contributed by atoms with Crippen molar-refractivity contribution in [3.63, 3.8) is 0 Å². The molecule has 0 saturated heterocycles. The summed E-state index contributed by atoms with van der Waals surface area (Å²) in [4.78, 5) is 16.1. The summed E-state index contributed by atoms with van der Waals surface area (Å²) in [5.74, 6) is 0.149. The quantitative estimate of drug-likeness (QED) is 0.466. The fraction of sp³-hybridized carbons (Fsp3) is 0.538. The highest BCUT2D eigenvalue weighted by Crippen LogP contribution is 2.25. The maximum Gasteiger partial charge on any atom is 0.358 e. The van der Waals surface area contributed by atoms with E-state index in [1.165, 1.54) is 7.11 Å². The van der Waals surface area contributed by atoms with E-state index < -0.39 is 16.0 Å². The maximum atomic E-state index is 12.0. The summed E-state index contributed by atoms with van der Waals surface area (Å²) in [7, 11) is -2.28. The fourth-order valence-electron chi connectivity index (χ4n) is 2.32. The third-order valence-electron chi connectivity index (χ3n) is 3.28. The van der Waals surface area contributed by atoms with Gasteiger partial charge in [0, 0.05) is 13.0 Å². The molecule has 0 unspecified atom stereocenters. The number of nitrogens with one attached hydrogen (secondary N) is 1. The van der Waals surface area contributed by atoms with Gasteiger partial charge in [0.2, 0.25) is 10.0 Å². The zero-order chi connectivity index (χ0) is 15.5. The summed E-state index contributed by atoms with van der Waals surface area (Å²) in [6.45, 7) is 4.20. The molecule has 0 spiro atoms. The molecule has 1 aromatic heterocycles. The summed E-state index contributed by atoms with van der Waals surface area (Å²) in [5, 5.41) is 0. The van der Waals surface area contributed by atoms with Gasteiger partial charge in [0.05, 0.1) is 12.9 Å². The zero-order valence-electron chi connectivity index (χ0n) is 12.0. The lowest BCUT2D eigenvalue weighted by Crippen LogP contribution is -2.20. The molecule has 2 heterocycles. The molecule has 0 fully saturated rings. The topological polar surface area (TPSA) is 90.3 Å². The summed E-state index contributed by atoms with van der Waals surface area (Å²) >= 11 is 0. The number of fused-ring (bicyclic) bond motifs is 1. The van der Waals surface area contributed by atoms with E-state index >= 15 is 0 Å². The van der Waals surface area contributed by atoms with Crippen LogP contribution < -0.4 is 4.72 Å². The van der Waals surface area contributed by atoms with Crippen molar-refractivity contribution in [2.24, 2.45) is 0 Å². The highest BCUT2D eigenvalue weighted by Gasteiger charge is 2.28. The predicted octanol–water partition coefficient (Wildman–Crippen LogP) is 1.32. The van der Waals surface area contributed by atoms with Crippen LogP contribution in [0.25, 0.3) is 0 Å². The van der Waals surface area contributed by atoms with E-state index in [2.05, 4.69) is 16.3 Å². The van der Waals surface area contributed by atoms with Crippen LogP contribution in [0.3, 0.4) is 0 Å². The number of methoxy groups -OCH3 is 1. The molecule has 1 aromatic rings. The van der Waals surface area contributed by atoms with Gasteiger partial charge in [-0.2, -0.15) is 0 Å². The minimum Gasteiger partial charge on any atom is -0.464 e. The number of rotatable bonds is 7. The van der Waals surface area contributed by atoms with Crippen molar-refractivity contribution in [1.29, 1.82) is 0 Å². The van der Waals surface area contributed by atoms with Gasteiger partial charge >= 0.3 is 5.97 Å². The highest BCUT2D eigenvalue weighted by molar-refractivity contribution is 7.92. The predicted molar refractivity (Wildman–Crippen MR) is 78.7 cm³/mol. The van der Waals surface area contributed by atoms with Gasteiger partial charge in [0.1, 0.15) is 5.82 Å². The van der Waals surface area contributed by atoms with Crippen molar-refractivity contribution < 1.29 is 17.9 Å². The third kappa shape index (κ3) is 3.44. The minimum atomic E-state index is -3.54. The number of aryl methyl sites for hydroxylation is 1. The van der Waals surface area contributed by atoms with Crippen LogP contribution in [-0.2, 0) is 27.7 Å². The molecule has 8 heteroatoms. The number of hydrogen-bond donors (Lipinski definition) is 1. The Bertz CT molecular complexity index is 649. The maximum absolute atomic E-state index is 12.0. The van der Waals surface area contributed by atoms with Crippen molar-refractivity contribution in [2.45, 2.75) is 32.2 Å². The number of allylic oxidation sites excluding steroid dienone is 1. The molecule has 21 heavy (non-hydrogen) atoms. The minimum absolute atomic E-state index is 0.0399. The SMILES string of the molecule is C=CCCCS(=O)(=O)Nc1nc2n(c1C(=O)OC)CCC2. The standard InChI is InChI=1S/C13H19N3O4S/c1-3-4-5-9-21(18,19)15-12-11(13(17)20-2)16-8-6-7-10(16)14-12/h3,15H,1,4-9H2,2H3. The molecule has 1 aliphatic rings. The van der Waals surface area contributed by atoms with Crippen LogP contribution in [-0.4, -0.2) is 36.8 Å². The van der Waals surface area contributed by atoms with Gasteiger partial charge in [-0.1, -0.05) is 6.08 Å².